The van der Waals surface area contributed by atoms with Gasteiger partial charge < -0.3 is 9.47 Å². The second-order valence-electron chi connectivity index (χ2n) is 6.14. The number of rotatable bonds is 10. The standard InChI is InChI=1S/C20H25NO4S2/c1-3-4-5-13-25-16-10-8-15(9-11-16)14-17-19(23)21(20(26)27-17)12-6-7-18(22)24-2/h8-11,14H,3-7,12-13H2,1-2H3/b17-14-. The Hall–Kier alpha value is -1.86. The fourth-order valence-corrected chi connectivity index (χ4v) is 3.84. The van der Waals surface area contributed by atoms with Crippen molar-refractivity contribution in [2.24, 2.45) is 0 Å². The third kappa shape index (κ3) is 6.66. The SMILES string of the molecule is CCCCCOc1ccc(/C=C2\SC(=S)N(CCCC(=O)OC)C2=O)cc1. The molecule has 1 aromatic carbocycles. The van der Waals surface area contributed by atoms with E-state index in [1.54, 1.807) is 4.90 Å². The Morgan fingerprint density at radius 2 is 1.96 bits per heavy atom. The van der Waals surface area contributed by atoms with Crippen molar-refractivity contribution in [2.45, 2.75) is 39.0 Å². The van der Waals surface area contributed by atoms with Crippen LogP contribution in [0.4, 0.5) is 0 Å². The van der Waals surface area contributed by atoms with Crippen molar-refractivity contribution in [1.82, 2.24) is 4.90 Å². The summed E-state index contributed by atoms with van der Waals surface area (Å²) < 4.78 is 10.8. The normalized spacial score (nSPS) is 15.5. The largest absolute Gasteiger partial charge is 0.494 e. The molecule has 0 radical (unpaired) electrons. The maximum atomic E-state index is 12.5. The van der Waals surface area contributed by atoms with Crippen molar-refractivity contribution in [3.05, 3.63) is 34.7 Å². The first-order valence-electron chi connectivity index (χ1n) is 9.10. The summed E-state index contributed by atoms with van der Waals surface area (Å²) in [6.45, 7) is 3.30. The lowest BCUT2D eigenvalue weighted by atomic mass is 10.2. The van der Waals surface area contributed by atoms with Crippen LogP contribution in [-0.4, -0.2) is 41.4 Å². The lowest BCUT2D eigenvalue weighted by Gasteiger charge is -2.13. The number of carbonyl (C=O) groups excluding carboxylic acids is 2. The summed E-state index contributed by atoms with van der Waals surface area (Å²) in [5, 5.41) is 0. The minimum Gasteiger partial charge on any atom is -0.494 e. The number of thioether (sulfide) groups is 1. The Kier molecular flexibility index (Phi) is 8.81. The average Bonchev–Trinajstić information content (AvgIpc) is 2.93. The predicted octanol–water partition coefficient (Wildman–Crippen LogP) is 4.41. The zero-order valence-electron chi connectivity index (χ0n) is 15.7. The molecule has 0 bridgehead atoms. The highest BCUT2D eigenvalue weighted by Gasteiger charge is 2.31. The van der Waals surface area contributed by atoms with Crippen molar-refractivity contribution in [3.8, 4) is 5.75 Å². The van der Waals surface area contributed by atoms with Gasteiger partial charge in [0.2, 0.25) is 0 Å². The summed E-state index contributed by atoms with van der Waals surface area (Å²) in [7, 11) is 1.35. The number of hydrogen-bond acceptors (Lipinski definition) is 6. The first-order valence-corrected chi connectivity index (χ1v) is 10.3. The molecule has 146 valence electrons. The summed E-state index contributed by atoms with van der Waals surface area (Å²) in [4.78, 5) is 25.9. The van der Waals surface area contributed by atoms with Crippen LogP contribution < -0.4 is 4.74 Å². The fraction of sp³-hybridized carbons (Fsp3) is 0.450. The van der Waals surface area contributed by atoms with E-state index < -0.39 is 0 Å². The molecule has 0 atom stereocenters. The van der Waals surface area contributed by atoms with Crippen LogP contribution in [0.3, 0.4) is 0 Å². The smallest absolute Gasteiger partial charge is 0.305 e. The van der Waals surface area contributed by atoms with Gasteiger partial charge in [0.15, 0.2) is 0 Å². The number of benzene rings is 1. The Labute approximate surface area is 170 Å². The van der Waals surface area contributed by atoms with E-state index in [0.717, 1.165) is 24.3 Å². The third-order valence-corrected chi connectivity index (χ3v) is 5.44. The molecule has 0 aromatic heterocycles. The second kappa shape index (κ2) is 11.1. The number of unbranched alkanes of at least 4 members (excludes halogenated alkanes) is 2. The van der Waals surface area contributed by atoms with Gasteiger partial charge in [-0.2, -0.15) is 0 Å². The summed E-state index contributed by atoms with van der Waals surface area (Å²) >= 11 is 6.59. The van der Waals surface area contributed by atoms with Crippen LogP contribution in [0.15, 0.2) is 29.2 Å². The number of amides is 1. The first-order chi connectivity index (χ1) is 13.0. The van der Waals surface area contributed by atoms with E-state index in [9.17, 15) is 9.59 Å². The maximum absolute atomic E-state index is 12.5. The molecular weight excluding hydrogens is 382 g/mol. The molecule has 27 heavy (non-hydrogen) atoms. The van der Waals surface area contributed by atoms with Gasteiger partial charge in [0.25, 0.3) is 5.91 Å². The van der Waals surface area contributed by atoms with Gasteiger partial charge in [-0.15, -0.1) is 0 Å². The Bertz CT molecular complexity index is 700. The number of nitrogens with zero attached hydrogens (tertiary/aromatic N) is 1. The molecule has 0 N–H and O–H groups in total. The molecule has 7 heteroatoms. The number of methoxy groups -OCH3 is 1. The van der Waals surface area contributed by atoms with Gasteiger partial charge in [0, 0.05) is 13.0 Å². The topological polar surface area (TPSA) is 55.8 Å². The highest BCUT2D eigenvalue weighted by atomic mass is 32.2. The van der Waals surface area contributed by atoms with Crippen LogP contribution in [-0.2, 0) is 14.3 Å². The Morgan fingerprint density at radius 1 is 1.22 bits per heavy atom. The lowest BCUT2D eigenvalue weighted by Crippen LogP contribution is -2.29. The van der Waals surface area contributed by atoms with E-state index in [0.29, 0.717) is 22.2 Å². The second-order valence-corrected chi connectivity index (χ2v) is 7.81. The molecule has 1 aromatic rings. The van der Waals surface area contributed by atoms with E-state index in [2.05, 4.69) is 11.7 Å². The van der Waals surface area contributed by atoms with Gasteiger partial charge in [-0.25, -0.2) is 0 Å². The van der Waals surface area contributed by atoms with Crippen LogP contribution in [0.25, 0.3) is 6.08 Å². The third-order valence-electron chi connectivity index (χ3n) is 4.06. The van der Waals surface area contributed by atoms with Gasteiger partial charge >= 0.3 is 5.97 Å². The number of esters is 1. The van der Waals surface area contributed by atoms with Crippen molar-refractivity contribution >= 4 is 46.3 Å². The van der Waals surface area contributed by atoms with Crippen molar-refractivity contribution in [1.29, 1.82) is 0 Å². The van der Waals surface area contributed by atoms with Crippen molar-refractivity contribution in [2.75, 3.05) is 20.3 Å². The molecule has 0 aliphatic carbocycles. The number of carbonyl (C=O) groups is 2. The molecule has 5 nitrogen and oxygen atoms in total. The maximum Gasteiger partial charge on any atom is 0.305 e. The summed E-state index contributed by atoms with van der Waals surface area (Å²) in [5.41, 5.74) is 0.922. The molecule has 1 heterocycles. The highest BCUT2D eigenvalue weighted by Crippen LogP contribution is 2.33. The molecular formula is C20H25NO4S2. The molecule has 0 saturated carbocycles. The summed E-state index contributed by atoms with van der Waals surface area (Å²) in [6.07, 6.45) is 6.02. The number of thiocarbonyl (C=S) groups is 1. The minimum absolute atomic E-state index is 0.116. The Morgan fingerprint density at radius 3 is 2.63 bits per heavy atom. The van der Waals surface area contributed by atoms with Gasteiger partial charge in [-0.1, -0.05) is 55.9 Å². The van der Waals surface area contributed by atoms with Gasteiger partial charge in [0.1, 0.15) is 10.1 Å². The molecule has 1 aliphatic rings. The van der Waals surface area contributed by atoms with E-state index >= 15 is 0 Å². The van der Waals surface area contributed by atoms with Gasteiger partial charge in [-0.3, -0.25) is 14.5 Å². The zero-order chi connectivity index (χ0) is 19.6. The van der Waals surface area contributed by atoms with E-state index in [4.69, 9.17) is 17.0 Å². The number of hydrogen-bond donors (Lipinski definition) is 0. The zero-order valence-corrected chi connectivity index (χ0v) is 17.4. The summed E-state index contributed by atoms with van der Waals surface area (Å²) in [5.74, 6) is 0.432. The monoisotopic (exact) mass is 407 g/mol. The van der Waals surface area contributed by atoms with Crippen LogP contribution >= 0.6 is 24.0 Å². The first kappa shape index (κ1) is 21.4. The van der Waals surface area contributed by atoms with Crippen LogP contribution in [0, 0.1) is 0 Å². The fourth-order valence-electron chi connectivity index (χ4n) is 2.53. The number of ether oxygens (including phenoxy) is 2. The molecule has 0 spiro atoms. The quantitative estimate of drug-likeness (QED) is 0.248. The van der Waals surface area contributed by atoms with Gasteiger partial charge in [-0.05, 0) is 36.6 Å². The molecule has 1 saturated heterocycles. The predicted molar refractivity (Wildman–Crippen MR) is 113 cm³/mol. The Balaban J connectivity index is 1.91. The van der Waals surface area contributed by atoms with E-state index in [1.165, 1.54) is 31.7 Å². The molecule has 1 aliphatic heterocycles. The molecule has 0 unspecified atom stereocenters. The van der Waals surface area contributed by atoms with Crippen LogP contribution in [0.1, 0.15) is 44.6 Å². The summed E-state index contributed by atoms with van der Waals surface area (Å²) in [6, 6.07) is 7.68. The van der Waals surface area contributed by atoms with Crippen molar-refractivity contribution in [3.63, 3.8) is 0 Å². The van der Waals surface area contributed by atoms with Crippen molar-refractivity contribution < 1.29 is 19.1 Å². The van der Waals surface area contributed by atoms with Crippen LogP contribution in [0.2, 0.25) is 0 Å². The molecule has 2 rings (SSSR count). The highest BCUT2D eigenvalue weighted by molar-refractivity contribution is 8.26. The lowest BCUT2D eigenvalue weighted by molar-refractivity contribution is -0.141. The molecule has 1 fully saturated rings. The van der Waals surface area contributed by atoms with Crippen LogP contribution in [0.5, 0.6) is 5.75 Å². The van der Waals surface area contributed by atoms with E-state index in [1.807, 2.05) is 30.3 Å². The average molecular weight is 408 g/mol. The minimum atomic E-state index is -0.284. The van der Waals surface area contributed by atoms with Gasteiger partial charge in [0.05, 0.1) is 18.6 Å². The molecule has 1 amide bonds. The van der Waals surface area contributed by atoms with E-state index in [-0.39, 0.29) is 18.3 Å².